The number of amides is 1. The van der Waals surface area contributed by atoms with Crippen molar-refractivity contribution in [2.45, 2.75) is 31.4 Å². The van der Waals surface area contributed by atoms with Gasteiger partial charge in [0.1, 0.15) is 5.15 Å². The third-order valence-electron chi connectivity index (χ3n) is 3.72. The van der Waals surface area contributed by atoms with Gasteiger partial charge in [0.2, 0.25) is 0 Å². The number of halogens is 1. The molecule has 2 heterocycles. The first-order valence-corrected chi connectivity index (χ1v) is 6.67. The number of fused-ring (bicyclic) bond motifs is 1. The molecule has 4 nitrogen and oxygen atoms in total. The molecule has 1 saturated carbocycles. The van der Waals surface area contributed by atoms with E-state index in [1.54, 1.807) is 18.3 Å². The number of hydrogen-bond acceptors (Lipinski definition) is 3. The zero-order chi connectivity index (χ0) is 12.5. The van der Waals surface area contributed by atoms with Crippen molar-refractivity contribution in [3.63, 3.8) is 0 Å². The molecule has 2 atom stereocenters. The van der Waals surface area contributed by atoms with E-state index in [0.29, 0.717) is 23.9 Å². The van der Waals surface area contributed by atoms with Crippen LogP contribution in [0.15, 0.2) is 18.3 Å². The van der Waals surface area contributed by atoms with Crippen molar-refractivity contribution in [3.8, 4) is 0 Å². The summed E-state index contributed by atoms with van der Waals surface area (Å²) in [6, 6.07) is 3.63. The van der Waals surface area contributed by atoms with Crippen LogP contribution in [0.2, 0.25) is 5.15 Å². The molecule has 1 aliphatic heterocycles. The van der Waals surface area contributed by atoms with Crippen molar-refractivity contribution in [3.05, 3.63) is 29.0 Å². The van der Waals surface area contributed by atoms with Gasteiger partial charge in [-0.2, -0.15) is 0 Å². The van der Waals surface area contributed by atoms with E-state index >= 15 is 0 Å². The second kappa shape index (κ2) is 4.86. The smallest absolute Gasteiger partial charge is 0.255 e. The number of rotatable bonds is 1. The third kappa shape index (κ3) is 2.10. The van der Waals surface area contributed by atoms with Crippen LogP contribution in [0.4, 0.5) is 0 Å². The molecular formula is C13H15ClN2O2. The standard InChI is InChI=1S/C13H15ClN2O2/c14-12-5-4-9(8-15-12)13(17)16-6-7-18-11-3-1-2-10(11)16/h4-5,8,10-11H,1-3,6-7H2. The molecule has 2 aliphatic rings. The van der Waals surface area contributed by atoms with Gasteiger partial charge in [-0.05, 0) is 31.4 Å². The molecule has 1 aromatic heterocycles. The Balaban J connectivity index is 1.81. The highest BCUT2D eigenvalue weighted by Crippen LogP contribution is 2.30. The van der Waals surface area contributed by atoms with E-state index in [-0.39, 0.29) is 18.1 Å². The molecule has 1 aliphatic carbocycles. The van der Waals surface area contributed by atoms with E-state index in [1.807, 2.05) is 4.90 Å². The van der Waals surface area contributed by atoms with E-state index in [1.165, 1.54) is 0 Å². The van der Waals surface area contributed by atoms with Crippen molar-refractivity contribution in [1.82, 2.24) is 9.88 Å². The Bertz CT molecular complexity index is 449. The minimum atomic E-state index is 0.0411. The maximum atomic E-state index is 12.4. The lowest BCUT2D eigenvalue weighted by molar-refractivity contribution is -0.0445. The zero-order valence-electron chi connectivity index (χ0n) is 10.0. The average molecular weight is 267 g/mol. The molecule has 0 radical (unpaired) electrons. The molecular weight excluding hydrogens is 252 g/mol. The second-order valence-electron chi connectivity index (χ2n) is 4.78. The molecule has 96 valence electrons. The summed E-state index contributed by atoms with van der Waals surface area (Å²) < 4.78 is 5.71. The minimum Gasteiger partial charge on any atom is -0.374 e. The van der Waals surface area contributed by atoms with Crippen molar-refractivity contribution in [2.75, 3.05) is 13.2 Å². The van der Waals surface area contributed by atoms with Crippen molar-refractivity contribution >= 4 is 17.5 Å². The maximum absolute atomic E-state index is 12.4. The molecule has 0 N–H and O–H groups in total. The van der Waals surface area contributed by atoms with E-state index in [9.17, 15) is 4.79 Å². The predicted octanol–water partition coefficient (Wildman–Crippen LogP) is 2.13. The van der Waals surface area contributed by atoms with Crippen molar-refractivity contribution in [1.29, 1.82) is 0 Å². The highest BCUT2D eigenvalue weighted by molar-refractivity contribution is 6.29. The summed E-state index contributed by atoms with van der Waals surface area (Å²) in [5.74, 6) is 0.0411. The number of carbonyl (C=O) groups excluding carboxylic acids is 1. The lowest BCUT2D eigenvalue weighted by Gasteiger charge is -2.37. The predicted molar refractivity (Wildman–Crippen MR) is 67.7 cm³/mol. The molecule has 1 aromatic rings. The van der Waals surface area contributed by atoms with Gasteiger partial charge in [0.05, 0.1) is 24.3 Å². The monoisotopic (exact) mass is 266 g/mol. The highest BCUT2D eigenvalue weighted by atomic mass is 35.5. The molecule has 5 heteroatoms. The van der Waals surface area contributed by atoms with Gasteiger partial charge in [0.25, 0.3) is 5.91 Å². The first-order chi connectivity index (χ1) is 8.75. The third-order valence-corrected chi connectivity index (χ3v) is 3.94. The molecule has 3 rings (SSSR count). The van der Waals surface area contributed by atoms with Gasteiger partial charge < -0.3 is 9.64 Å². The van der Waals surface area contributed by atoms with Gasteiger partial charge in [-0.1, -0.05) is 11.6 Å². The Morgan fingerprint density at radius 2 is 2.33 bits per heavy atom. The van der Waals surface area contributed by atoms with Gasteiger partial charge in [-0.3, -0.25) is 4.79 Å². The number of carbonyl (C=O) groups is 1. The van der Waals surface area contributed by atoms with Crippen LogP contribution in [0.5, 0.6) is 0 Å². The lowest BCUT2D eigenvalue weighted by atomic mass is 10.1. The number of pyridine rings is 1. The number of nitrogens with zero attached hydrogens (tertiary/aromatic N) is 2. The van der Waals surface area contributed by atoms with Gasteiger partial charge in [0, 0.05) is 12.7 Å². The SMILES string of the molecule is O=C(c1ccc(Cl)nc1)N1CCOC2CCCC21. The summed E-state index contributed by atoms with van der Waals surface area (Å²) in [7, 11) is 0. The largest absolute Gasteiger partial charge is 0.374 e. The molecule has 0 aromatic carbocycles. The fraction of sp³-hybridized carbons (Fsp3) is 0.538. The molecule has 0 bridgehead atoms. The van der Waals surface area contributed by atoms with Crippen LogP contribution in [0.1, 0.15) is 29.6 Å². The molecule has 2 unspecified atom stereocenters. The van der Waals surface area contributed by atoms with E-state index in [2.05, 4.69) is 4.98 Å². The molecule has 18 heavy (non-hydrogen) atoms. The summed E-state index contributed by atoms with van der Waals surface area (Å²) in [4.78, 5) is 18.3. The number of hydrogen-bond donors (Lipinski definition) is 0. The Hall–Kier alpha value is -1.13. The van der Waals surface area contributed by atoms with Crippen LogP contribution >= 0.6 is 11.6 Å². The maximum Gasteiger partial charge on any atom is 0.255 e. The molecule has 0 spiro atoms. The van der Waals surface area contributed by atoms with E-state index in [0.717, 1.165) is 19.3 Å². The summed E-state index contributed by atoms with van der Waals surface area (Å²) in [5, 5.41) is 0.410. The number of aromatic nitrogens is 1. The van der Waals surface area contributed by atoms with Gasteiger partial charge >= 0.3 is 0 Å². The molecule has 2 fully saturated rings. The van der Waals surface area contributed by atoms with Crippen LogP contribution < -0.4 is 0 Å². The Morgan fingerprint density at radius 3 is 3.11 bits per heavy atom. The van der Waals surface area contributed by atoms with E-state index in [4.69, 9.17) is 16.3 Å². The van der Waals surface area contributed by atoms with Gasteiger partial charge in [0.15, 0.2) is 0 Å². The number of morpholine rings is 1. The van der Waals surface area contributed by atoms with Gasteiger partial charge in [-0.15, -0.1) is 0 Å². The highest BCUT2D eigenvalue weighted by Gasteiger charge is 2.38. The normalized spacial score (nSPS) is 27.1. The fourth-order valence-corrected chi connectivity index (χ4v) is 2.96. The second-order valence-corrected chi connectivity index (χ2v) is 5.16. The van der Waals surface area contributed by atoms with Crippen LogP contribution in [0.25, 0.3) is 0 Å². The summed E-state index contributed by atoms with van der Waals surface area (Å²) in [6.45, 7) is 1.30. The fourth-order valence-electron chi connectivity index (χ4n) is 2.85. The van der Waals surface area contributed by atoms with Crippen LogP contribution in [-0.2, 0) is 4.74 Å². The minimum absolute atomic E-state index is 0.0411. The first-order valence-electron chi connectivity index (χ1n) is 6.30. The average Bonchev–Trinajstić information content (AvgIpc) is 2.87. The van der Waals surface area contributed by atoms with E-state index < -0.39 is 0 Å². The van der Waals surface area contributed by atoms with Crippen LogP contribution in [0, 0.1) is 0 Å². The van der Waals surface area contributed by atoms with Crippen LogP contribution in [-0.4, -0.2) is 41.1 Å². The Labute approximate surface area is 111 Å². The summed E-state index contributed by atoms with van der Waals surface area (Å²) in [6.07, 6.45) is 5.01. The van der Waals surface area contributed by atoms with Crippen LogP contribution in [0.3, 0.4) is 0 Å². The van der Waals surface area contributed by atoms with Crippen molar-refractivity contribution < 1.29 is 9.53 Å². The molecule has 1 amide bonds. The molecule has 1 saturated heterocycles. The quantitative estimate of drug-likeness (QED) is 0.732. The topological polar surface area (TPSA) is 42.4 Å². The zero-order valence-corrected chi connectivity index (χ0v) is 10.8. The number of ether oxygens (including phenoxy) is 1. The van der Waals surface area contributed by atoms with Crippen molar-refractivity contribution in [2.24, 2.45) is 0 Å². The Morgan fingerprint density at radius 1 is 1.44 bits per heavy atom. The first kappa shape index (κ1) is 11.9. The lowest BCUT2D eigenvalue weighted by Crippen LogP contribution is -2.51. The van der Waals surface area contributed by atoms with Gasteiger partial charge in [-0.25, -0.2) is 4.98 Å². The summed E-state index contributed by atoms with van der Waals surface area (Å²) >= 11 is 5.74. The summed E-state index contributed by atoms with van der Waals surface area (Å²) in [5.41, 5.74) is 0.604. The Kier molecular flexibility index (Phi) is 3.22.